The number of rotatable bonds is 4. The Hall–Kier alpha value is -2.68. The molecule has 5 heteroatoms. The summed E-state index contributed by atoms with van der Waals surface area (Å²) in [7, 11) is 1.24. The predicted molar refractivity (Wildman–Crippen MR) is 96.3 cm³/mol. The lowest BCUT2D eigenvalue weighted by Gasteiger charge is -2.14. The molecule has 128 valence electrons. The number of carbonyl (C=O) groups is 1. The van der Waals surface area contributed by atoms with E-state index >= 15 is 0 Å². The van der Waals surface area contributed by atoms with Crippen LogP contribution in [-0.4, -0.2) is 13.1 Å². The van der Waals surface area contributed by atoms with Crippen molar-refractivity contribution >= 4 is 29.0 Å². The van der Waals surface area contributed by atoms with Gasteiger partial charge in [0.2, 0.25) is 0 Å². The van der Waals surface area contributed by atoms with E-state index in [-0.39, 0.29) is 32.9 Å². The van der Waals surface area contributed by atoms with E-state index in [0.29, 0.717) is 0 Å². The number of methoxy groups -OCH3 is 1. The average Bonchev–Trinajstić information content (AvgIpc) is 2.79. The van der Waals surface area contributed by atoms with Crippen LogP contribution < -0.4 is 0 Å². The highest BCUT2D eigenvalue weighted by Gasteiger charge is 2.22. The van der Waals surface area contributed by atoms with Crippen LogP contribution in [0.5, 0.6) is 0 Å². The molecule has 0 amide bonds. The molecule has 2 rings (SSSR count). The number of carbonyl (C=O) groups excluding carboxylic acids is 1. The van der Waals surface area contributed by atoms with Gasteiger partial charge >= 0.3 is 5.97 Å². The molecular formula is C20H15ClF2O2. The number of hydrogen-bond donors (Lipinski definition) is 0. The van der Waals surface area contributed by atoms with Gasteiger partial charge in [0.05, 0.1) is 12.7 Å². The third-order valence-electron chi connectivity index (χ3n) is 3.58. The molecule has 0 saturated carbocycles. The molecule has 0 radical (unpaired) electrons. The summed E-state index contributed by atoms with van der Waals surface area (Å²) in [6.07, 6.45) is 5.05. The molecule has 0 heterocycles. The van der Waals surface area contributed by atoms with Crippen LogP contribution >= 0.6 is 11.6 Å². The van der Waals surface area contributed by atoms with Crippen LogP contribution in [0, 0.1) is 0 Å². The maximum Gasteiger partial charge on any atom is 0.337 e. The van der Waals surface area contributed by atoms with Gasteiger partial charge in [0, 0.05) is 27.3 Å². The monoisotopic (exact) mass is 360 g/mol. The SMILES string of the molecule is C=C/C(F)=C(C1=C=CC=C(F)c2ccc(C(=O)OC)cc21)\C(Cl)=C/C. The van der Waals surface area contributed by atoms with Gasteiger partial charge in [0.25, 0.3) is 0 Å². The molecule has 0 bridgehead atoms. The highest BCUT2D eigenvalue weighted by Crippen LogP contribution is 2.38. The summed E-state index contributed by atoms with van der Waals surface area (Å²) >= 11 is 6.16. The molecule has 1 aromatic carbocycles. The summed E-state index contributed by atoms with van der Waals surface area (Å²) in [6.45, 7) is 5.06. The topological polar surface area (TPSA) is 26.3 Å². The average molecular weight is 361 g/mol. The Bertz CT molecular complexity index is 898. The molecule has 0 N–H and O–H groups in total. The van der Waals surface area contributed by atoms with Gasteiger partial charge in [-0.25, -0.2) is 13.6 Å². The van der Waals surface area contributed by atoms with Gasteiger partial charge in [0.1, 0.15) is 11.7 Å². The lowest BCUT2D eigenvalue weighted by atomic mass is 9.91. The third-order valence-corrected chi connectivity index (χ3v) is 3.99. The Morgan fingerprint density at radius 3 is 2.68 bits per heavy atom. The lowest BCUT2D eigenvalue weighted by Crippen LogP contribution is -2.04. The van der Waals surface area contributed by atoms with Gasteiger partial charge in [-0.2, -0.15) is 0 Å². The Labute approximate surface area is 149 Å². The van der Waals surface area contributed by atoms with Crippen molar-refractivity contribution < 1.29 is 18.3 Å². The molecule has 0 fully saturated rings. The first-order valence-corrected chi connectivity index (χ1v) is 7.72. The highest BCUT2D eigenvalue weighted by atomic mass is 35.5. The third kappa shape index (κ3) is 3.71. The Kier molecular flexibility index (Phi) is 5.92. The van der Waals surface area contributed by atoms with E-state index in [0.717, 1.165) is 6.08 Å². The van der Waals surface area contributed by atoms with Crippen LogP contribution in [0.4, 0.5) is 8.78 Å². The van der Waals surface area contributed by atoms with Crippen molar-refractivity contribution in [1.82, 2.24) is 0 Å². The molecule has 0 atom stereocenters. The lowest BCUT2D eigenvalue weighted by molar-refractivity contribution is 0.0600. The van der Waals surface area contributed by atoms with Crippen molar-refractivity contribution in [2.45, 2.75) is 6.92 Å². The molecule has 0 aliphatic heterocycles. The van der Waals surface area contributed by atoms with E-state index in [2.05, 4.69) is 12.3 Å². The minimum atomic E-state index is -0.685. The molecule has 0 unspecified atom stereocenters. The van der Waals surface area contributed by atoms with Crippen LogP contribution in [0.15, 0.2) is 71.2 Å². The zero-order valence-electron chi connectivity index (χ0n) is 13.7. The summed E-state index contributed by atoms with van der Waals surface area (Å²) < 4.78 is 33.5. The van der Waals surface area contributed by atoms with Crippen LogP contribution in [0.1, 0.15) is 28.4 Å². The van der Waals surface area contributed by atoms with E-state index < -0.39 is 17.6 Å². The van der Waals surface area contributed by atoms with Gasteiger partial charge < -0.3 is 4.74 Å². The van der Waals surface area contributed by atoms with Gasteiger partial charge in [0.15, 0.2) is 0 Å². The second-order valence-electron chi connectivity index (χ2n) is 5.02. The standard InChI is InChI=1S/C20H15ClF2O2/c1-4-16(21)19(17(22)5-2)14-7-6-8-18(23)13-10-9-12(11-15(13)14)20(24)25-3/h4-6,8-11H,2H2,1,3H3/b16-4+,19-17+. The quantitative estimate of drug-likeness (QED) is 0.380. The molecule has 0 spiro atoms. The van der Waals surface area contributed by atoms with Crippen LogP contribution in [0.25, 0.3) is 11.4 Å². The zero-order chi connectivity index (χ0) is 18.6. The molecule has 1 aromatic rings. The fourth-order valence-corrected chi connectivity index (χ4v) is 2.56. The minimum Gasteiger partial charge on any atom is -0.465 e. The summed E-state index contributed by atoms with van der Waals surface area (Å²) in [5.74, 6) is -1.81. The first-order chi connectivity index (χ1) is 11.9. The smallest absolute Gasteiger partial charge is 0.337 e. The zero-order valence-corrected chi connectivity index (χ0v) is 14.5. The Morgan fingerprint density at radius 1 is 1.36 bits per heavy atom. The summed E-state index contributed by atoms with van der Waals surface area (Å²) in [5.41, 5.74) is 3.73. The number of benzene rings is 1. The van der Waals surface area contributed by atoms with Crippen molar-refractivity contribution in [2.75, 3.05) is 7.11 Å². The van der Waals surface area contributed by atoms with E-state index in [1.807, 2.05) is 0 Å². The summed E-state index contributed by atoms with van der Waals surface area (Å²) in [6, 6.07) is 4.29. The molecule has 2 nitrogen and oxygen atoms in total. The molecule has 1 aliphatic rings. The largest absolute Gasteiger partial charge is 0.465 e. The molecule has 0 saturated heterocycles. The number of esters is 1. The van der Waals surface area contributed by atoms with Gasteiger partial charge in [-0.15, -0.1) is 5.73 Å². The highest BCUT2D eigenvalue weighted by molar-refractivity contribution is 6.33. The van der Waals surface area contributed by atoms with E-state index in [1.165, 1.54) is 43.5 Å². The first-order valence-electron chi connectivity index (χ1n) is 7.35. The number of fused-ring (bicyclic) bond motifs is 1. The van der Waals surface area contributed by atoms with E-state index in [1.54, 1.807) is 6.92 Å². The van der Waals surface area contributed by atoms with Gasteiger partial charge in [-0.05, 0) is 37.3 Å². The van der Waals surface area contributed by atoms with Crippen LogP contribution in [0.3, 0.4) is 0 Å². The second kappa shape index (κ2) is 7.93. The summed E-state index contributed by atoms with van der Waals surface area (Å²) in [4.78, 5) is 11.8. The molecule has 0 aromatic heterocycles. The maximum absolute atomic E-state index is 14.4. The van der Waals surface area contributed by atoms with Crippen LogP contribution in [-0.2, 0) is 4.74 Å². The first kappa shape index (κ1) is 18.7. The Morgan fingerprint density at radius 2 is 2.08 bits per heavy atom. The number of allylic oxidation sites excluding steroid dienone is 7. The maximum atomic E-state index is 14.4. The van der Waals surface area contributed by atoms with Gasteiger partial charge in [-0.3, -0.25) is 0 Å². The molecular weight excluding hydrogens is 346 g/mol. The second-order valence-corrected chi connectivity index (χ2v) is 5.42. The van der Waals surface area contributed by atoms with Crippen LogP contribution in [0.2, 0.25) is 0 Å². The Balaban J connectivity index is 2.84. The number of hydrogen-bond acceptors (Lipinski definition) is 2. The number of halogens is 3. The minimum absolute atomic E-state index is 0.0155. The van der Waals surface area contributed by atoms with E-state index in [9.17, 15) is 13.6 Å². The van der Waals surface area contributed by atoms with Crippen molar-refractivity contribution in [1.29, 1.82) is 0 Å². The molecule has 25 heavy (non-hydrogen) atoms. The van der Waals surface area contributed by atoms with Crippen molar-refractivity contribution in [3.8, 4) is 0 Å². The van der Waals surface area contributed by atoms with E-state index in [4.69, 9.17) is 16.3 Å². The summed E-state index contributed by atoms with van der Waals surface area (Å²) in [5, 5.41) is 0.116. The number of ether oxygens (including phenoxy) is 1. The van der Waals surface area contributed by atoms with Gasteiger partial charge in [-0.1, -0.05) is 30.3 Å². The van der Waals surface area contributed by atoms with Crippen molar-refractivity contribution in [2.24, 2.45) is 0 Å². The fourth-order valence-electron chi connectivity index (χ4n) is 2.38. The van der Waals surface area contributed by atoms with Crippen molar-refractivity contribution in [3.05, 3.63) is 87.9 Å². The van der Waals surface area contributed by atoms with Crippen molar-refractivity contribution in [3.63, 3.8) is 0 Å². The molecule has 1 aliphatic carbocycles. The fraction of sp³-hybridized carbons (Fsp3) is 0.100. The normalized spacial score (nSPS) is 14.7. The predicted octanol–water partition coefficient (Wildman–Crippen LogP) is 5.89.